The molecule has 2 aromatic rings. The molecule has 3 rings (SSSR count). The molecule has 2 amide bonds. The molecule has 4 heteroatoms. The molecule has 1 aliphatic heterocycles. The van der Waals surface area contributed by atoms with Gasteiger partial charge in [0.05, 0.1) is 6.04 Å². The zero-order chi connectivity index (χ0) is 16.4. The van der Waals surface area contributed by atoms with Gasteiger partial charge in [-0.05, 0) is 61.6 Å². The quantitative estimate of drug-likeness (QED) is 0.794. The third-order valence-electron chi connectivity index (χ3n) is 4.59. The van der Waals surface area contributed by atoms with E-state index in [9.17, 15) is 4.79 Å². The summed E-state index contributed by atoms with van der Waals surface area (Å²) in [6.45, 7) is 4.85. The van der Waals surface area contributed by atoms with Gasteiger partial charge in [-0.3, -0.25) is 0 Å². The normalized spacial score (nSPS) is 17.3. The lowest BCUT2D eigenvalue weighted by Crippen LogP contribution is -2.34. The van der Waals surface area contributed by atoms with Crippen molar-refractivity contribution < 1.29 is 4.79 Å². The maximum atomic E-state index is 12.7. The Morgan fingerprint density at radius 1 is 1.22 bits per heavy atom. The van der Waals surface area contributed by atoms with E-state index in [1.807, 2.05) is 48.2 Å². The molecular formula is C19H21ClN2O. The average molecular weight is 329 g/mol. The number of nitrogens with zero attached hydrogens (tertiary/aromatic N) is 1. The monoisotopic (exact) mass is 328 g/mol. The Morgan fingerprint density at radius 3 is 2.78 bits per heavy atom. The van der Waals surface area contributed by atoms with E-state index in [1.165, 1.54) is 5.56 Å². The predicted molar refractivity (Wildman–Crippen MR) is 95.1 cm³/mol. The third-order valence-corrected chi connectivity index (χ3v) is 4.83. The molecule has 0 radical (unpaired) electrons. The second-order valence-electron chi connectivity index (χ2n) is 6.08. The van der Waals surface area contributed by atoms with Crippen LogP contribution in [0, 0.1) is 13.8 Å². The van der Waals surface area contributed by atoms with E-state index in [1.54, 1.807) is 0 Å². The molecule has 3 nitrogen and oxygen atoms in total. The molecule has 120 valence electrons. The van der Waals surface area contributed by atoms with Gasteiger partial charge in [-0.15, -0.1) is 0 Å². The van der Waals surface area contributed by atoms with Crippen LogP contribution in [0.3, 0.4) is 0 Å². The molecule has 2 aromatic carbocycles. The number of rotatable bonds is 2. The van der Waals surface area contributed by atoms with E-state index in [-0.39, 0.29) is 12.1 Å². The largest absolute Gasteiger partial charge is 0.322 e. The number of amides is 2. The topological polar surface area (TPSA) is 32.3 Å². The number of urea groups is 1. The van der Waals surface area contributed by atoms with Gasteiger partial charge in [0.25, 0.3) is 0 Å². The highest BCUT2D eigenvalue weighted by Crippen LogP contribution is 2.33. The Bertz CT molecular complexity index is 729. The van der Waals surface area contributed by atoms with Crippen molar-refractivity contribution in [1.29, 1.82) is 0 Å². The van der Waals surface area contributed by atoms with Crippen molar-refractivity contribution in [2.24, 2.45) is 0 Å². The van der Waals surface area contributed by atoms with Gasteiger partial charge in [0.1, 0.15) is 0 Å². The van der Waals surface area contributed by atoms with Crippen LogP contribution in [0.25, 0.3) is 0 Å². The van der Waals surface area contributed by atoms with Crippen LogP contribution in [0.15, 0.2) is 42.5 Å². The Labute approximate surface area is 142 Å². The minimum absolute atomic E-state index is 0.0406. The molecule has 23 heavy (non-hydrogen) atoms. The van der Waals surface area contributed by atoms with Gasteiger partial charge in [-0.25, -0.2) is 4.79 Å². The molecular weight excluding hydrogens is 308 g/mol. The zero-order valence-electron chi connectivity index (χ0n) is 13.5. The highest BCUT2D eigenvalue weighted by Gasteiger charge is 2.30. The van der Waals surface area contributed by atoms with Gasteiger partial charge in [-0.2, -0.15) is 0 Å². The predicted octanol–water partition coefficient (Wildman–Crippen LogP) is 5.33. The van der Waals surface area contributed by atoms with Crippen molar-refractivity contribution in [3.8, 4) is 0 Å². The second-order valence-corrected chi connectivity index (χ2v) is 6.52. The van der Waals surface area contributed by atoms with Gasteiger partial charge in [0, 0.05) is 17.3 Å². The van der Waals surface area contributed by atoms with Crippen LogP contribution in [-0.2, 0) is 0 Å². The summed E-state index contributed by atoms with van der Waals surface area (Å²) < 4.78 is 0. The molecule has 0 aliphatic carbocycles. The lowest BCUT2D eigenvalue weighted by atomic mass is 10.0. The van der Waals surface area contributed by atoms with E-state index in [0.717, 1.165) is 36.2 Å². The van der Waals surface area contributed by atoms with E-state index < -0.39 is 0 Å². The van der Waals surface area contributed by atoms with Crippen molar-refractivity contribution in [1.82, 2.24) is 4.90 Å². The minimum Gasteiger partial charge on any atom is -0.317 e. The lowest BCUT2D eigenvalue weighted by molar-refractivity contribution is 0.207. The highest BCUT2D eigenvalue weighted by atomic mass is 35.5. The molecule has 0 spiro atoms. The molecule has 1 N–H and O–H groups in total. The van der Waals surface area contributed by atoms with E-state index in [2.05, 4.69) is 18.3 Å². The number of likely N-dealkylation sites (tertiary alicyclic amines) is 1. The number of nitrogens with one attached hydrogen (secondary N) is 1. The number of carbonyl (C=O) groups excluding carboxylic acids is 1. The molecule has 1 aliphatic rings. The van der Waals surface area contributed by atoms with E-state index in [4.69, 9.17) is 11.6 Å². The van der Waals surface area contributed by atoms with Gasteiger partial charge >= 0.3 is 6.03 Å². The standard InChI is InChI=1S/C19H21ClN2O/c1-13-6-3-9-17(14(13)2)21-19(23)22-11-5-10-18(22)15-7-4-8-16(20)12-15/h3-4,6-9,12,18H,5,10-11H2,1-2H3,(H,21,23). The van der Waals surface area contributed by atoms with Gasteiger partial charge < -0.3 is 10.2 Å². The number of benzene rings is 2. The summed E-state index contributed by atoms with van der Waals surface area (Å²) in [5, 5.41) is 3.77. The number of hydrogen-bond acceptors (Lipinski definition) is 1. The van der Waals surface area contributed by atoms with Crippen LogP contribution in [0.5, 0.6) is 0 Å². The smallest absolute Gasteiger partial charge is 0.317 e. The first-order chi connectivity index (χ1) is 11.1. The summed E-state index contributed by atoms with van der Waals surface area (Å²) in [6.07, 6.45) is 1.98. The maximum Gasteiger partial charge on any atom is 0.322 e. The fourth-order valence-electron chi connectivity index (χ4n) is 3.14. The van der Waals surface area contributed by atoms with Crippen LogP contribution in [-0.4, -0.2) is 17.5 Å². The summed E-state index contributed by atoms with van der Waals surface area (Å²) in [4.78, 5) is 14.6. The molecule has 1 unspecified atom stereocenters. The molecule has 1 atom stereocenters. The van der Waals surface area contributed by atoms with E-state index in [0.29, 0.717) is 5.02 Å². The Balaban J connectivity index is 1.80. The number of anilines is 1. The van der Waals surface area contributed by atoms with Crippen molar-refractivity contribution in [3.05, 3.63) is 64.2 Å². The summed E-state index contributed by atoms with van der Waals surface area (Å²) in [6, 6.07) is 13.8. The average Bonchev–Trinajstić information content (AvgIpc) is 3.01. The maximum absolute atomic E-state index is 12.7. The molecule has 1 heterocycles. The number of aryl methyl sites for hydroxylation is 1. The molecule has 0 saturated carbocycles. The number of carbonyl (C=O) groups is 1. The highest BCUT2D eigenvalue weighted by molar-refractivity contribution is 6.30. The first-order valence-corrected chi connectivity index (χ1v) is 8.33. The summed E-state index contributed by atoms with van der Waals surface area (Å²) in [5.41, 5.74) is 4.27. The Morgan fingerprint density at radius 2 is 2.00 bits per heavy atom. The van der Waals surface area contributed by atoms with Crippen molar-refractivity contribution in [2.45, 2.75) is 32.7 Å². The van der Waals surface area contributed by atoms with Gasteiger partial charge in [-0.1, -0.05) is 35.9 Å². The van der Waals surface area contributed by atoms with Crippen LogP contribution in [0.2, 0.25) is 5.02 Å². The van der Waals surface area contributed by atoms with Crippen LogP contribution in [0.1, 0.15) is 35.6 Å². The van der Waals surface area contributed by atoms with Crippen molar-refractivity contribution in [2.75, 3.05) is 11.9 Å². The van der Waals surface area contributed by atoms with Gasteiger partial charge in [0.15, 0.2) is 0 Å². The Kier molecular flexibility index (Phi) is 4.58. The fourth-order valence-corrected chi connectivity index (χ4v) is 3.34. The van der Waals surface area contributed by atoms with Crippen LogP contribution in [0.4, 0.5) is 10.5 Å². The summed E-state index contributed by atoms with van der Waals surface area (Å²) >= 11 is 6.10. The lowest BCUT2D eigenvalue weighted by Gasteiger charge is -2.26. The zero-order valence-corrected chi connectivity index (χ0v) is 14.2. The minimum atomic E-state index is -0.0406. The molecule has 1 fully saturated rings. The first-order valence-electron chi connectivity index (χ1n) is 7.95. The van der Waals surface area contributed by atoms with Crippen molar-refractivity contribution in [3.63, 3.8) is 0 Å². The summed E-state index contributed by atoms with van der Waals surface area (Å²) in [7, 11) is 0. The van der Waals surface area contributed by atoms with Crippen LogP contribution < -0.4 is 5.32 Å². The van der Waals surface area contributed by atoms with E-state index >= 15 is 0 Å². The van der Waals surface area contributed by atoms with Crippen LogP contribution >= 0.6 is 11.6 Å². The molecule has 1 saturated heterocycles. The molecule has 0 bridgehead atoms. The first kappa shape index (κ1) is 15.9. The van der Waals surface area contributed by atoms with Crippen molar-refractivity contribution >= 4 is 23.3 Å². The molecule has 0 aromatic heterocycles. The third kappa shape index (κ3) is 3.35. The second kappa shape index (κ2) is 6.63. The number of hydrogen-bond donors (Lipinski definition) is 1. The fraction of sp³-hybridized carbons (Fsp3) is 0.316. The SMILES string of the molecule is Cc1cccc(NC(=O)N2CCCC2c2cccc(Cl)c2)c1C. The Hall–Kier alpha value is -2.00. The summed E-state index contributed by atoms with van der Waals surface area (Å²) in [5.74, 6) is 0. The number of halogens is 1. The van der Waals surface area contributed by atoms with Gasteiger partial charge in [0.2, 0.25) is 0 Å².